The Morgan fingerprint density at radius 1 is 1.47 bits per heavy atom. The fourth-order valence-electron chi connectivity index (χ4n) is 1.10. The fourth-order valence-corrected chi connectivity index (χ4v) is 1.67. The zero-order valence-corrected chi connectivity index (χ0v) is 10.8. The van der Waals surface area contributed by atoms with Gasteiger partial charge in [0.05, 0.1) is 11.3 Å². The van der Waals surface area contributed by atoms with Gasteiger partial charge in [0, 0.05) is 19.0 Å². The van der Waals surface area contributed by atoms with Crippen molar-refractivity contribution in [2.24, 2.45) is 0 Å². The molecule has 0 saturated carbocycles. The molecule has 0 heterocycles. The molecule has 0 spiro atoms. The number of carbonyl (C=O) groups excluding carboxylic acids is 1. The van der Waals surface area contributed by atoms with E-state index in [1.165, 1.54) is 31.1 Å². The van der Waals surface area contributed by atoms with Gasteiger partial charge in [-0.25, -0.2) is 4.79 Å². The lowest BCUT2D eigenvalue weighted by Crippen LogP contribution is -2.27. The van der Waals surface area contributed by atoms with Gasteiger partial charge in [-0.05, 0) is 17.7 Å². The Balaban J connectivity index is 3.07. The number of rotatable bonds is 2. The van der Waals surface area contributed by atoms with E-state index in [0.29, 0.717) is 0 Å². The standard InChI is InChI=1S/C10H11ClF2N2OS/c1-15(2)9(16)14-7-5-3-4-6(8(7)17)10(11,12)13/h3-5,17H,1-2H3,(H,14,16). The minimum atomic E-state index is -3.52. The van der Waals surface area contributed by atoms with Crippen molar-refractivity contribution >= 4 is 35.9 Å². The van der Waals surface area contributed by atoms with Crippen LogP contribution < -0.4 is 5.32 Å². The molecule has 1 rings (SSSR count). The Morgan fingerprint density at radius 2 is 2.06 bits per heavy atom. The molecule has 3 nitrogen and oxygen atoms in total. The minimum absolute atomic E-state index is 0.0531. The van der Waals surface area contributed by atoms with Crippen molar-refractivity contribution in [1.82, 2.24) is 4.90 Å². The maximum absolute atomic E-state index is 13.0. The Labute approximate surface area is 108 Å². The Bertz CT molecular complexity index is 435. The van der Waals surface area contributed by atoms with Gasteiger partial charge in [-0.2, -0.15) is 8.78 Å². The van der Waals surface area contributed by atoms with Crippen LogP contribution in [0.5, 0.6) is 0 Å². The smallest absolute Gasteiger partial charge is 0.331 e. The second-order valence-corrected chi connectivity index (χ2v) is 4.45. The summed E-state index contributed by atoms with van der Waals surface area (Å²) < 4.78 is 26.0. The van der Waals surface area contributed by atoms with Crippen molar-refractivity contribution in [1.29, 1.82) is 0 Å². The van der Waals surface area contributed by atoms with E-state index in [0.717, 1.165) is 6.07 Å². The average molecular weight is 281 g/mol. The number of urea groups is 1. The van der Waals surface area contributed by atoms with Crippen molar-refractivity contribution in [3.8, 4) is 0 Å². The first kappa shape index (κ1) is 14.1. The first-order chi connectivity index (χ1) is 7.73. The molecule has 2 amide bonds. The predicted molar refractivity (Wildman–Crippen MR) is 66.1 cm³/mol. The lowest BCUT2D eigenvalue weighted by atomic mass is 10.2. The number of anilines is 1. The van der Waals surface area contributed by atoms with E-state index in [-0.39, 0.29) is 10.6 Å². The fraction of sp³-hybridized carbons (Fsp3) is 0.300. The van der Waals surface area contributed by atoms with Crippen LogP contribution in [0, 0.1) is 0 Å². The zero-order valence-electron chi connectivity index (χ0n) is 9.17. The summed E-state index contributed by atoms with van der Waals surface area (Å²) in [5, 5.41) is -1.08. The summed E-state index contributed by atoms with van der Waals surface area (Å²) >= 11 is 8.88. The topological polar surface area (TPSA) is 32.3 Å². The van der Waals surface area contributed by atoms with Crippen LogP contribution >= 0.6 is 24.2 Å². The molecule has 1 N–H and O–H groups in total. The third-order valence-corrected chi connectivity index (χ3v) is 2.67. The van der Waals surface area contributed by atoms with E-state index in [2.05, 4.69) is 17.9 Å². The van der Waals surface area contributed by atoms with E-state index in [9.17, 15) is 13.6 Å². The van der Waals surface area contributed by atoms with Crippen molar-refractivity contribution in [3.05, 3.63) is 23.8 Å². The minimum Gasteiger partial charge on any atom is -0.331 e. The number of nitrogens with one attached hydrogen (secondary N) is 1. The van der Waals surface area contributed by atoms with Crippen molar-refractivity contribution < 1.29 is 13.6 Å². The molecule has 0 unspecified atom stereocenters. The number of thiol groups is 1. The summed E-state index contributed by atoms with van der Waals surface area (Å²) in [6, 6.07) is 3.56. The first-order valence-corrected chi connectivity index (χ1v) is 5.43. The number of carbonyl (C=O) groups is 1. The zero-order chi connectivity index (χ0) is 13.2. The molecule has 0 aliphatic heterocycles. The van der Waals surface area contributed by atoms with E-state index in [1.54, 1.807) is 0 Å². The molecule has 7 heteroatoms. The highest BCUT2D eigenvalue weighted by atomic mass is 35.5. The van der Waals surface area contributed by atoms with Crippen LogP contribution in [0.1, 0.15) is 5.56 Å². The molecule has 1 aromatic rings. The largest absolute Gasteiger partial charge is 0.349 e. The molecule has 0 atom stereocenters. The number of halogens is 3. The molecule has 0 aliphatic rings. The number of hydrogen-bond acceptors (Lipinski definition) is 2. The van der Waals surface area contributed by atoms with Gasteiger partial charge in [0.2, 0.25) is 0 Å². The number of nitrogens with zero attached hydrogens (tertiary/aromatic N) is 1. The van der Waals surface area contributed by atoms with Crippen LogP contribution in [-0.4, -0.2) is 25.0 Å². The van der Waals surface area contributed by atoms with Crippen LogP contribution in [0.15, 0.2) is 23.1 Å². The van der Waals surface area contributed by atoms with Crippen molar-refractivity contribution in [3.63, 3.8) is 0 Å². The molecule has 0 saturated heterocycles. The van der Waals surface area contributed by atoms with Crippen molar-refractivity contribution in [2.75, 3.05) is 19.4 Å². The SMILES string of the molecule is CN(C)C(=O)Nc1cccc(C(F)(F)Cl)c1S. The molecule has 17 heavy (non-hydrogen) atoms. The van der Waals surface area contributed by atoms with E-state index in [4.69, 9.17) is 11.6 Å². The molecule has 0 fully saturated rings. The first-order valence-electron chi connectivity index (χ1n) is 4.61. The highest BCUT2D eigenvalue weighted by Crippen LogP contribution is 2.38. The molecule has 0 aromatic heterocycles. The van der Waals surface area contributed by atoms with Gasteiger partial charge in [-0.15, -0.1) is 12.6 Å². The Morgan fingerprint density at radius 3 is 2.53 bits per heavy atom. The quantitative estimate of drug-likeness (QED) is 0.632. The Kier molecular flexibility index (Phi) is 4.21. The number of amides is 2. The van der Waals surface area contributed by atoms with E-state index in [1.807, 2.05) is 0 Å². The highest BCUT2D eigenvalue weighted by molar-refractivity contribution is 7.80. The summed E-state index contributed by atoms with van der Waals surface area (Å²) in [5.74, 6) is 0. The maximum atomic E-state index is 13.0. The van der Waals surface area contributed by atoms with Gasteiger partial charge in [0.1, 0.15) is 0 Å². The molecule has 0 aliphatic carbocycles. The monoisotopic (exact) mass is 280 g/mol. The summed E-state index contributed by atoms with van der Waals surface area (Å²) in [6.07, 6.45) is 0. The molecule has 94 valence electrons. The number of hydrogen-bond donors (Lipinski definition) is 2. The third-order valence-electron chi connectivity index (χ3n) is 1.99. The van der Waals surface area contributed by atoms with Crippen LogP contribution in [0.25, 0.3) is 0 Å². The van der Waals surface area contributed by atoms with Crippen LogP contribution in [0.2, 0.25) is 0 Å². The molecular weight excluding hydrogens is 270 g/mol. The highest BCUT2D eigenvalue weighted by Gasteiger charge is 2.31. The van der Waals surface area contributed by atoms with Crippen LogP contribution in [0.4, 0.5) is 19.3 Å². The van der Waals surface area contributed by atoms with Crippen molar-refractivity contribution in [2.45, 2.75) is 10.3 Å². The second-order valence-electron chi connectivity index (χ2n) is 3.52. The van der Waals surface area contributed by atoms with Gasteiger partial charge in [-0.3, -0.25) is 0 Å². The molecular formula is C10H11ClF2N2OS. The second kappa shape index (κ2) is 5.10. The third kappa shape index (κ3) is 3.47. The molecule has 1 aromatic carbocycles. The summed E-state index contributed by atoms with van der Waals surface area (Å²) in [7, 11) is 3.07. The normalized spacial score (nSPS) is 11.2. The van der Waals surface area contributed by atoms with Gasteiger partial charge in [0.25, 0.3) is 0 Å². The Hall–Kier alpha value is -1.01. The van der Waals surface area contributed by atoms with E-state index >= 15 is 0 Å². The molecule has 0 radical (unpaired) electrons. The van der Waals surface area contributed by atoms with Crippen LogP contribution in [-0.2, 0) is 5.38 Å². The number of benzene rings is 1. The van der Waals surface area contributed by atoms with E-state index < -0.39 is 17.0 Å². The predicted octanol–water partition coefficient (Wildman–Crippen LogP) is 3.36. The van der Waals surface area contributed by atoms with Gasteiger partial charge in [-0.1, -0.05) is 12.1 Å². The van der Waals surface area contributed by atoms with Crippen LogP contribution in [0.3, 0.4) is 0 Å². The summed E-state index contributed by atoms with van der Waals surface area (Å²) in [6.45, 7) is 0. The van der Waals surface area contributed by atoms with Gasteiger partial charge < -0.3 is 10.2 Å². The summed E-state index contributed by atoms with van der Waals surface area (Å²) in [4.78, 5) is 12.6. The molecule has 0 bridgehead atoms. The maximum Gasteiger partial charge on any atom is 0.349 e. The number of alkyl halides is 3. The summed E-state index contributed by atoms with van der Waals surface area (Å²) in [5.41, 5.74) is -0.260. The lowest BCUT2D eigenvalue weighted by molar-refractivity contribution is 0.0922. The van der Waals surface area contributed by atoms with Gasteiger partial charge in [0.15, 0.2) is 0 Å². The lowest BCUT2D eigenvalue weighted by Gasteiger charge is -2.16. The average Bonchev–Trinajstić information content (AvgIpc) is 2.19. The van der Waals surface area contributed by atoms with Gasteiger partial charge >= 0.3 is 11.4 Å².